The first-order valence-corrected chi connectivity index (χ1v) is 3.08. The highest BCUT2D eigenvalue weighted by Gasteiger charge is 2.03. The molecule has 1 aromatic rings. The maximum atomic E-state index is 11.2. The van der Waals surface area contributed by atoms with E-state index in [0.717, 1.165) is 0 Å². The van der Waals surface area contributed by atoms with Crippen LogP contribution in [0.1, 0.15) is 14.6 Å². The van der Waals surface area contributed by atoms with Gasteiger partial charge in [0.05, 0.1) is 0 Å². The zero-order valence-corrected chi connectivity index (χ0v) is 6.09. The number of hydrogen-bond acceptors (Lipinski definition) is 3. The number of hydrogen-bond donors (Lipinski definition) is 1. The van der Waals surface area contributed by atoms with Crippen molar-refractivity contribution in [2.75, 3.05) is 6.98 Å². The molecule has 0 aliphatic carbocycles. The van der Waals surface area contributed by atoms with Gasteiger partial charge < -0.3 is 5.32 Å². The van der Waals surface area contributed by atoms with Crippen molar-refractivity contribution in [2.24, 2.45) is 0 Å². The molecule has 1 aromatic heterocycles. The highest BCUT2D eigenvalue weighted by molar-refractivity contribution is 6.29. The van der Waals surface area contributed by atoms with Gasteiger partial charge in [-0.3, -0.25) is 4.79 Å². The highest BCUT2D eigenvalue weighted by Crippen LogP contribution is 2.01. The lowest BCUT2D eigenvalue weighted by molar-refractivity contribution is 0.0957. The molecule has 1 heterocycles. The van der Waals surface area contributed by atoms with Crippen molar-refractivity contribution in [3.8, 4) is 0 Å². The predicted molar refractivity (Wildman–Crippen MR) is 40.4 cm³/mol. The average molecular weight is 175 g/mol. The second kappa shape index (κ2) is 3.30. The molecule has 4 nitrogen and oxygen atoms in total. The number of nitrogens with zero attached hydrogens (tertiary/aromatic N) is 2. The van der Waals surface area contributed by atoms with Crippen molar-refractivity contribution in [3.63, 3.8) is 0 Å². The Bertz CT molecular complexity index is 337. The monoisotopic (exact) mass is 174 g/mol. The van der Waals surface area contributed by atoms with Crippen molar-refractivity contribution in [2.45, 2.75) is 0 Å². The van der Waals surface area contributed by atoms with E-state index in [1.54, 1.807) is 5.32 Å². The van der Waals surface area contributed by atoms with Gasteiger partial charge in [-0.05, 0) is 12.1 Å². The highest BCUT2D eigenvalue weighted by atomic mass is 35.5. The first kappa shape index (κ1) is 4.66. The third-order valence-electron chi connectivity index (χ3n) is 0.978. The van der Waals surface area contributed by atoms with Gasteiger partial charge in [-0.2, -0.15) is 0 Å². The van der Waals surface area contributed by atoms with Gasteiger partial charge in [0.2, 0.25) is 0 Å². The number of aromatic nitrogens is 2. The molecule has 0 saturated carbocycles. The fourth-order valence-electron chi connectivity index (χ4n) is 0.501. The van der Waals surface area contributed by atoms with E-state index in [2.05, 4.69) is 10.2 Å². The Hall–Kier alpha value is -1.16. The predicted octanol–water partition coefficient (Wildman–Crippen LogP) is 0.490. The summed E-state index contributed by atoms with van der Waals surface area (Å²) >= 11 is 5.43. The first-order chi connectivity index (χ1) is 6.38. The van der Waals surface area contributed by atoms with Gasteiger partial charge in [-0.15, -0.1) is 10.2 Å². The van der Waals surface area contributed by atoms with Crippen molar-refractivity contribution in [1.82, 2.24) is 15.5 Å². The van der Waals surface area contributed by atoms with E-state index in [1.165, 1.54) is 12.1 Å². The van der Waals surface area contributed by atoms with Gasteiger partial charge in [-0.1, -0.05) is 11.6 Å². The van der Waals surface area contributed by atoms with Gasteiger partial charge in [0.1, 0.15) is 0 Å². The van der Waals surface area contributed by atoms with Gasteiger partial charge in [0, 0.05) is 11.1 Å². The minimum Gasteiger partial charge on any atom is -0.354 e. The maximum absolute atomic E-state index is 11.2. The molecule has 0 fully saturated rings. The van der Waals surface area contributed by atoms with E-state index in [-0.39, 0.29) is 10.8 Å². The summed E-state index contributed by atoms with van der Waals surface area (Å²) in [5, 5.41) is 8.72. The van der Waals surface area contributed by atoms with Crippen LogP contribution < -0.4 is 5.32 Å². The van der Waals surface area contributed by atoms with Crippen LogP contribution >= 0.6 is 11.6 Å². The van der Waals surface area contributed by atoms with Gasteiger partial charge in [0.25, 0.3) is 5.91 Å². The summed E-state index contributed by atoms with van der Waals surface area (Å²) < 4.78 is 20.3. The molecule has 0 radical (unpaired) electrons. The average Bonchev–Trinajstić information content (AvgIpc) is 2.02. The van der Waals surface area contributed by atoms with Crippen LogP contribution in [0.2, 0.25) is 5.15 Å². The van der Waals surface area contributed by atoms with E-state index in [4.69, 9.17) is 15.7 Å². The third-order valence-corrected chi connectivity index (χ3v) is 1.18. The van der Waals surface area contributed by atoms with Crippen LogP contribution in [-0.2, 0) is 0 Å². The Morgan fingerprint density at radius 1 is 1.73 bits per heavy atom. The summed E-state index contributed by atoms with van der Waals surface area (Å²) in [6.07, 6.45) is 0. The Morgan fingerprint density at radius 2 is 2.55 bits per heavy atom. The van der Waals surface area contributed by atoms with Gasteiger partial charge >= 0.3 is 0 Å². The SMILES string of the molecule is [2H]C([2H])([2H])NC(=O)c1ccc(Cl)nn1. The fraction of sp³-hybridized carbons (Fsp3) is 0.167. The molecule has 0 unspecified atom stereocenters. The van der Waals surface area contributed by atoms with E-state index < -0.39 is 12.9 Å². The van der Waals surface area contributed by atoms with Gasteiger partial charge in [0.15, 0.2) is 10.8 Å². The number of amides is 1. The minimum atomic E-state index is -2.53. The molecule has 0 spiro atoms. The Morgan fingerprint density at radius 3 is 3.09 bits per heavy atom. The Labute approximate surface area is 72.8 Å². The number of rotatable bonds is 1. The zero-order valence-electron chi connectivity index (χ0n) is 8.34. The fourth-order valence-corrected chi connectivity index (χ4v) is 0.602. The van der Waals surface area contributed by atoms with E-state index in [9.17, 15) is 4.79 Å². The molecule has 1 N–H and O–H groups in total. The summed E-state index contributed by atoms with van der Waals surface area (Å²) in [6.45, 7) is -2.53. The molecule has 0 atom stereocenters. The second-order valence-corrected chi connectivity index (χ2v) is 2.08. The topological polar surface area (TPSA) is 54.9 Å². The van der Waals surface area contributed by atoms with Crippen LogP contribution in [-0.4, -0.2) is 23.1 Å². The molecule has 1 rings (SSSR count). The largest absolute Gasteiger partial charge is 0.354 e. The number of carbonyl (C=O) groups is 1. The van der Waals surface area contributed by atoms with Crippen LogP contribution in [0.5, 0.6) is 0 Å². The zero-order chi connectivity index (χ0) is 10.8. The summed E-state index contributed by atoms with van der Waals surface area (Å²) in [7, 11) is 0. The van der Waals surface area contributed by atoms with E-state index in [0.29, 0.717) is 0 Å². The lowest BCUT2D eigenvalue weighted by Crippen LogP contribution is -2.19. The Kier molecular flexibility index (Phi) is 1.40. The molecule has 1 amide bonds. The molecule has 0 aliphatic rings. The molecule has 5 heteroatoms. The molecular formula is C6H6ClN3O. The lowest BCUT2D eigenvalue weighted by Gasteiger charge is -1.95. The summed E-state index contributed by atoms with van der Waals surface area (Å²) in [6, 6.07) is 2.64. The van der Waals surface area contributed by atoms with E-state index in [1.807, 2.05) is 0 Å². The molecule has 0 bridgehead atoms. The standard InChI is InChI=1S/C6H6ClN3O/c1-8-6(11)4-2-3-5(7)10-9-4/h2-3H,1H3,(H,8,11)/i1D3. The number of nitrogens with one attached hydrogen (secondary N) is 1. The smallest absolute Gasteiger partial charge is 0.271 e. The molecule has 0 aromatic carbocycles. The van der Waals surface area contributed by atoms with Crippen LogP contribution in [0.25, 0.3) is 0 Å². The molecule has 58 valence electrons. The normalized spacial score (nSPS) is 14.5. The minimum absolute atomic E-state index is 0.0921. The summed E-state index contributed by atoms with van der Waals surface area (Å²) in [5.41, 5.74) is -0.0921. The van der Waals surface area contributed by atoms with Crippen molar-refractivity contribution < 1.29 is 8.91 Å². The maximum Gasteiger partial charge on any atom is 0.271 e. The molecule has 0 saturated heterocycles. The number of carbonyl (C=O) groups excluding carboxylic acids is 1. The van der Waals surface area contributed by atoms with Crippen molar-refractivity contribution in [1.29, 1.82) is 0 Å². The van der Waals surface area contributed by atoms with Crippen molar-refractivity contribution >= 4 is 17.5 Å². The van der Waals surface area contributed by atoms with Gasteiger partial charge in [-0.25, -0.2) is 0 Å². The first-order valence-electron chi connectivity index (χ1n) is 4.20. The lowest BCUT2D eigenvalue weighted by atomic mass is 10.4. The molecule has 0 aliphatic heterocycles. The van der Waals surface area contributed by atoms with Crippen LogP contribution in [0, 0.1) is 0 Å². The number of halogens is 1. The van der Waals surface area contributed by atoms with Crippen molar-refractivity contribution in [3.05, 3.63) is 23.0 Å². The molecule has 11 heavy (non-hydrogen) atoms. The third kappa shape index (κ3) is 1.88. The Balaban J connectivity index is 2.76. The summed E-state index contributed by atoms with van der Waals surface area (Å²) in [5.74, 6) is -0.811. The van der Waals surface area contributed by atoms with E-state index >= 15 is 0 Å². The van der Waals surface area contributed by atoms with Crippen LogP contribution in [0.4, 0.5) is 0 Å². The quantitative estimate of drug-likeness (QED) is 0.674. The summed E-state index contributed by atoms with van der Waals surface area (Å²) in [4.78, 5) is 11.2. The molecular weight excluding hydrogens is 166 g/mol. The van der Waals surface area contributed by atoms with Crippen LogP contribution in [0.15, 0.2) is 12.1 Å². The van der Waals surface area contributed by atoms with Crippen LogP contribution in [0.3, 0.4) is 0 Å². The second-order valence-electron chi connectivity index (χ2n) is 1.70.